The topological polar surface area (TPSA) is 87.6 Å². The number of pyridine rings is 1. The lowest BCUT2D eigenvalue weighted by atomic mass is 10.2. The molecule has 0 spiro atoms. The zero-order valence-electron chi connectivity index (χ0n) is 15.5. The van der Waals surface area contributed by atoms with E-state index >= 15 is 0 Å². The SMILES string of the molecule is CN=C(NCCCNC(=O)OC(C)(C)C)NCCc1ccccn1.I. The lowest BCUT2D eigenvalue weighted by molar-refractivity contribution is 0.0527. The molecule has 3 N–H and O–H groups in total. The first-order valence-corrected chi connectivity index (χ1v) is 8.22. The Morgan fingerprint density at radius 2 is 1.84 bits per heavy atom. The van der Waals surface area contributed by atoms with Crippen LogP contribution in [0.2, 0.25) is 0 Å². The van der Waals surface area contributed by atoms with Crippen LogP contribution in [0.5, 0.6) is 0 Å². The molecule has 0 unspecified atom stereocenters. The van der Waals surface area contributed by atoms with Crippen molar-refractivity contribution in [2.45, 2.75) is 39.2 Å². The summed E-state index contributed by atoms with van der Waals surface area (Å²) in [5.74, 6) is 0.739. The van der Waals surface area contributed by atoms with Crippen LogP contribution in [0.25, 0.3) is 0 Å². The summed E-state index contributed by atoms with van der Waals surface area (Å²) in [4.78, 5) is 19.9. The Bertz CT molecular complexity index is 518. The number of hydrogen-bond acceptors (Lipinski definition) is 4. The number of nitrogens with one attached hydrogen (secondary N) is 3. The van der Waals surface area contributed by atoms with Gasteiger partial charge in [-0.2, -0.15) is 0 Å². The van der Waals surface area contributed by atoms with Gasteiger partial charge in [0.15, 0.2) is 5.96 Å². The molecule has 0 radical (unpaired) electrons. The van der Waals surface area contributed by atoms with Crippen molar-refractivity contribution in [1.29, 1.82) is 0 Å². The normalized spacial score (nSPS) is 11.3. The number of amides is 1. The van der Waals surface area contributed by atoms with E-state index in [9.17, 15) is 4.79 Å². The second-order valence-electron chi connectivity index (χ2n) is 6.28. The lowest BCUT2D eigenvalue weighted by Crippen LogP contribution is -2.40. The van der Waals surface area contributed by atoms with Crippen LogP contribution in [0.4, 0.5) is 4.79 Å². The van der Waals surface area contributed by atoms with Crippen LogP contribution in [-0.4, -0.2) is 49.3 Å². The molecule has 0 bridgehead atoms. The molecule has 25 heavy (non-hydrogen) atoms. The maximum atomic E-state index is 11.5. The van der Waals surface area contributed by atoms with E-state index in [2.05, 4.69) is 25.9 Å². The number of hydrogen-bond donors (Lipinski definition) is 3. The monoisotopic (exact) mass is 463 g/mol. The number of alkyl carbamates (subject to hydrolysis) is 1. The molecule has 0 atom stereocenters. The third-order valence-electron chi connectivity index (χ3n) is 2.94. The highest BCUT2D eigenvalue weighted by molar-refractivity contribution is 14.0. The molecular formula is C17H30IN5O2. The highest BCUT2D eigenvalue weighted by Crippen LogP contribution is 2.06. The Morgan fingerprint density at radius 1 is 1.16 bits per heavy atom. The Hall–Kier alpha value is -1.58. The van der Waals surface area contributed by atoms with Gasteiger partial charge in [0.1, 0.15) is 5.60 Å². The summed E-state index contributed by atoms with van der Waals surface area (Å²) < 4.78 is 5.17. The minimum atomic E-state index is -0.470. The summed E-state index contributed by atoms with van der Waals surface area (Å²) in [6.45, 7) is 7.54. The van der Waals surface area contributed by atoms with E-state index in [0.29, 0.717) is 13.1 Å². The Balaban J connectivity index is 0.00000576. The Labute approximate surface area is 167 Å². The average molecular weight is 463 g/mol. The van der Waals surface area contributed by atoms with Crippen molar-refractivity contribution in [3.8, 4) is 0 Å². The molecule has 1 heterocycles. The largest absolute Gasteiger partial charge is 0.444 e. The van der Waals surface area contributed by atoms with Gasteiger partial charge in [-0.15, -0.1) is 24.0 Å². The molecule has 0 aromatic carbocycles. The molecule has 8 heteroatoms. The van der Waals surface area contributed by atoms with Crippen molar-refractivity contribution in [3.63, 3.8) is 0 Å². The van der Waals surface area contributed by atoms with E-state index in [1.54, 1.807) is 13.2 Å². The fraction of sp³-hybridized carbons (Fsp3) is 0.588. The number of guanidine groups is 1. The molecule has 0 fully saturated rings. The number of carbonyl (C=O) groups excluding carboxylic acids is 1. The van der Waals surface area contributed by atoms with Gasteiger partial charge in [-0.3, -0.25) is 9.98 Å². The maximum Gasteiger partial charge on any atom is 0.407 e. The Morgan fingerprint density at radius 3 is 2.44 bits per heavy atom. The Kier molecular flexibility index (Phi) is 11.9. The minimum Gasteiger partial charge on any atom is -0.444 e. The zero-order valence-corrected chi connectivity index (χ0v) is 17.8. The first-order valence-electron chi connectivity index (χ1n) is 8.22. The first-order chi connectivity index (χ1) is 11.4. The van der Waals surface area contributed by atoms with Gasteiger partial charge in [-0.1, -0.05) is 6.07 Å². The van der Waals surface area contributed by atoms with Crippen LogP contribution in [0.3, 0.4) is 0 Å². The standard InChI is InChI=1S/C17H29N5O2.HI/c1-17(2,3)24-16(23)22-12-7-11-20-15(18-4)21-13-9-14-8-5-6-10-19-14;/h5-6,8,10H,7,9,11-13H2,1-4H3,(H,22,23)(H2,18,20,21);1H. The van der Waals surface area contributed by atoms with Crippen molar-refractivity contribution in [2.75, 3.05) is 26.7 Å². The summed E-state index contributed by atoms with van der Waals surface area (Å²) in [6.07, 6.45) is 3.02. The van der Waals surface area contributed by atoms with Crippen molar-refractivity contribution < 1.29 is 9.53 Å². The van der Waals surface area contributed by atoms with Gasteiger partial charge in [0.25, 0.3) is 0 Å². The summed E-state index contributed by atoms with van der Waals surface area (Å²) >= 11 is 0. The second-order valence-corrected chi connectivity index (χ2v) is 6.28. The molecule has 1 aromatic rings. The quantitative estimate of drug-likeness (QED) is 0.250. The van der Waals surface area contributed by atoms with E-state index in [4.69, 9.17) is 4.74 Å². The third-order valence-corrected chi connectivity index (χ3v) is 2.94. The summed E-state index contributed by atoms with van der Waals surface area (Å²) in [5.41, 5.74) is 0.573. The van der Waals surface area contributed by atoms with Gasteiger partial charge < -0.3 is 20.7 Å². The van der Waals surface area contributed by atoms with E-state index in [1.807, 2.05) is 39.0 Å². The smallest absolute Gasteiger partial charge is 0.407 e. The number of carbonyl (C=O) groups is 1. The number of aliphatic imine (C=N–C) groups is 1. The van der Waals surface area contributed by atoms with Crippen LogP contribution in [0, 0.1) is 0 Å². The maximum absolute atomic E-state index is 11.5. The van der Waals surface area contributed by atoms with E-state index < -0.39 is 5.60 Å². The molecule has 0 saturated heterocycles. The van der Waals surface area contributed by atoms with Gasteiger partial charge in [0.05, 0.1) is 0 Å². The predicted molar refractivity (Wildman–Crippen MR) is 112 cm³/mol. The molecule has 7 nitrogen and oxygen atoms in total. The molecular weight excluding hydrogens is 433 g/mol. The van der Waals surface area contributed by atoms with Gasteiger partial charge in [0, 0.05) is 45.0 Å². The average Bonchev–Trinajstić information content (AvgIpc) is 2.52. The molecule has 0 saturated carbocycles. The number of aromatic nitrogens is 1. The minimum absolute atomic E-state index is 0. The van der Waals surface area contributed by atoms with Crippen molar-refractivity contribution >= 4 is 36.0 Å². The van der Waals surface area contributed by atoms with E-state index in [-0.39, 0.29) is 30.1 Å². The van der Waals surface area contributed by atoms with Gasteiger partial charge in [-0.05, 0) is 39.3 Å². The number of ether oxygens (including phenoxy) is 1. The van der Waals surface area contributed by atoms with Crippen molar-refractivity contribution in [1.82, 2.24) is 20.9 Å². The molecule has 0 aliphatic heterocycles. The summed E-state index contributed by atoms with van der Waals surface area (Å²) in [6, 6.07) is 5.88. The molecule has 1 aromatic heterocycles. The number of halogens is 1. The number of nitrogens with zero attached hydrogens (tertiary/aromatic N) is 2. The van der Waals surface area contributed by atoms with Crippen LogP contribution in [0.15, 0.2) is 29.4 Å². The highest BCUT2D eigenvalue weighted by Gasteiger charge is 2.15. The van der Waals surface area contributed by atoms with Crippen LogP contribution < -0.4 is 16.0 Å². The number of rotatable bonds is 7. The van der Waals surface area contributed by atoms with E-state index in [0.717, 1.165) is 31.0 Å². The van der Waals surface area contributed by atoms with Gasteiger partial charge >= 0.3 is 6.09 Å². The first kappa shape index (κ1) is 23.4. The zero-order chi connectivity index (χ0) is 17.8. The van der Waals surface area contributed by atoms with Crippen molar-refractivity contribution in [2.24, 2.45) is 4.99 Å². The predicted octanol–water partition coefficient (Wildman–Crippen LogP) is 2.32. The molecule has 142 valence electrons. The fourth-order valence-corrected chi connectivity index (χ4v) is 1.88. The summed E-state index contributed by atoms with van der Waals surface area (Å²) in [5, 5.41) is 9.17. The molecule has 0 aliphatic carbocycles. The fourth-order valence-electron chi connectivity index (χ4n) is 1.88. The second kappa shape index (κ2) is 12.7. The van der Waals surface area contributed by atoms with Crippen LogP contribution >= 0.6 is 24.0 Å². The van der Waals surface area contributed by atoms with Crippen LogP contribution in [-0.2, 0) is 11.2 Å². The molecule has 1 amide bonds. The van der Waals surface area contributed by atoms with E-state index in [1.165, 1.54) is 0 Å². The lowest BCUT2D eigenvalue weighted by Gasteiger charge is -2.19. The van der Waals surface area contributed by atoms with Crippen LogP contribution in [0.1, 0.15) is 32.9 Å². The molecule has 1 rings (SSSR count). The molecule has 0 aliphatic rings. The third kappa shape index (κ3) is 12.4. The van der Waals surface area contributed by atoms with Gasteiger partial charge in [-0.25, -0.2) is 4.79 Å². The van der Waals surface area contributed by atoms with Gasteiger partial charge in [0.2, 0.25) is 0 Å². The summed E-state index contributed by atoms with van der Waals surface area (Å²) in [7, 11) is 1.73. The van der Waals surface area contributed by atoms with Crippen molar-refractivity contribution in [3.05, 3.63) is 30.1 Å². The highest BCUT2D eigenvalue weighted by atomic mass is 127.